The van der Waals surface area contributed by atoms with Crippen LogP contribution in [0, 0.1) is 6.92 Å². The first-order chi connectivity index (χ1) is 10.5. The Morgan fingerprint density at radius 2 is 1.86 bits per heavy atom. The molecule has 1 heterocycles. The van der Waals surface area contributed by atoms with Crippen molar-refractivity contribution < 1.29 is 9.36 Å². The molecule has 0 radical (unpaired) electrons. The van der Waals surface area contributed by atoms with Crippen molar-refractivity contribution in [2.24, 2.45) is 0 Å². The molecule has 0 aliphatic carbocycles. The molecule has 2 rings (SSSR count). The van der Waals surface area contributed by atoms with Gasteiger partial charge in [-0.2, -0.15) is 4.57 Å². The van der Waals surface area contributed by atoms with Crippen molar-refractivity contribution >= 4 is 34.8 Å². The molecule has 1 amide bonds. The fraction of sp³-hybridized carbons (Fsp3) is 0.294. The van der Waals surface area contributed by atoms with Crippen LogP contribution in [0.4, 0.5) is 5.69 Å². The first-order valence-corrected chi connectivity index (χ1v) is 7.99. The second kappa shape index (κ2) is 7.61. The maximum Gasteiger partial charge on any atom is 0.290 e. The van der Waals surface area contributed by atoms with Crippen molar-refractivity contribution in [1.29, 1.82) is 0 Å². The lowest BCUT2D eigenvalue weighted by Crippen LogP contribution is -2.39. The van der Waals surface area contributed by atoms with Crippen molar-refractivity contribution in [1.82, 2.24) is 0 Å². The van der Waals surface area contributed by atoms with E-state index in [2.05, 4.69) is 12.2 Å². The van der Waals surface area contributed by atoms with E-state index in [1.54, 1.807) is 6.07 Å². The van der Waals surface area contributed by atoms with Crippen LogP contribution in [0.1, 0.15) is 24.5 Å². The Bertz CT molecular complexity index is 669. The molecule has 0 fully saturated rings. The number of nitrogens with zero attached hydrogens (tertiary/aromatic N) is 1. The molecule has 0 unspecified atom stereocenters. The van der Waals surface area contributed by atoms with Crippen LogP contribution in [0.5, 0.6) is 0 Å². The van der Waals surface area contributed by atoms with Crippen LogP contribution >= 0.6 is 23.2 Å². The molecule has 1 aromatic heterocycles. The van der Waals surface area contributed by atoms with E-state index in [0.29, 0.717) is 15.7 Å². The summed E-state index contributed by atoms with van der Waals surface area (Å²) in [6.45, 7) is 4.23. The quantitative estimate of drug-likeness (QED) is 0.815. The van der Waals surface area contributed by atoms with Gasteiger partial charge >= 0.3 is 0 Å². The Kier molecular flexibility index (Phi) is 5.81. The summed E-state index contributed by atoms with van der Waals surface area (Å²) in [6.07, 6.45) is 5.96. The van der Waals surface area contributed by atoms with Crippen molar-refractivity contribution in [3.05, 3.63) is 57.8 Å². The second-order valence-electron chi connectivity index (χ2n) is 5.23. The number of anilines is 1. The molecule has 0 saturated carbocycles. The van der Waals surface area contributed by atoms with Gasteiger partial charge in [-0.05, 0) is 30.5 Å². The number of amides is 1. The normalized spacial score (nSPS) is 10.5. The van der Waals surface area contributed by atoms with E-state index in [9.17, 15) is 4.79 Å². The smallest absolute Gasteiger partial charge is 0.290 e. The number of pyridine rings is 1. The zero-order chi connectivity index (χ0) is 16.1. The highest BCUT2D eigenvalue weighted by molar-refractivity contribution is 6.40. The van der Waals surface area contributed by atoms with E-state index in [-0.39, 0.29) is 12.5 Å². The summed E-state index contributed by atoms with van der Waals surface area (Å²) in [7, 11) is 0. The van der Waals surface area contributed by atoms with Gasteiger partial charge < -0.3 is 5.32 Å². The predicted octanol–water partition coefficient (Wildman–Crippen LogP) is 4.18. The van der Waals surface area contributed by atoms with Crippen molar-refractivity contribution in [3.8, 4) is 0 Å². The molecule has 116 valence electrons. The third kappa shape index (κ3) is 4.21. The third-order valence-corrected chi connectivity index (χ3v) is 4.18. The Morgan fingerprint density at radius 3 is 2.50 bits per heavy atom. The minimum Gasteiger partial charge on any atom is -0.318 e. The summed E-state index contributed by atoms with van der Waals surface area (Å²) in [5.41, 5.74) is 2.61. The molecular formula is C17H19Cl2N2O+. The van der Waals surface area contributed by atoms with E-state index < -0.39 is 0 Å². The molecule has 0 aliphatic rings. The molecular weight excluding hydrogens is 319 g/mol. The lowest BCUT2D eigenvalue weighted by atomic mass is 10.1. The highest BCUT2D eigenvalue weighted by Gasteiger charge is 2.15. The second-order valence-corrected chi connectivity index (χ2v) is 6.02. The van der Waals surface area contributed by atoms with Crippen LogP contribution in [0.25, 0.3) is 0 Å². The monoisotopic (exact) mass is 337 g/mol. The van der Waals surface area contributed by atoms with Crippen LogP contribution in [-0.4, -0.2) is 5.91 Å². The molecule has 1 N–H and O–H groups in total. The Morgan fingerprint density at radius 1 is 1.18 bits per heavy atom. The molecule has 5 heteroatoms. The summed E-state index contributed by atoms with van der Waals surface area (Å²) in [5.74, 6) is -0.164. The highest BCUT2D eigenvalue weighted by Crippen LogP contribution is 2.32. The number of aromatic nitrogens is 1. The molecule has 2 aromatic rings. The maximum absolute atomic E-state index is 12.2. The number of aryl methyl sites for hydroxylation is 2. The SMILES string of the molecule is CCCc1cc[n+](CC(=O)Nc2c(Cl)ccc(C)c2Cl)cc1. The topological polar surface area (TPSA) is 33.0 Å². The Hall–Kier alpha value is -1.58. The largest absolute Gasteiger partial charge is 0.318 e. The number of hydrogen-bond acceptors (Lipinski definition) is 1. The number of hydrogen-bond donors (Lipinski definition) is 1. The minimum atomic E-state index is -0.164. The average Bonchev–Trinajstić information content (AvgIpc) is 2.50. The Balaban J connectivity index is 2.06. The molecule has 3 nitrogen and oxygen atoms in total. The first-order valence-electron chi connectivity index (χ1n) is 7.23. The van der Waals surface area contributed by atoms with E-state index in [4.69, 9.17) is 23.2 Å². The average molecular weight is 338 g/mol. The fourth-order valence-corrected chi connectivity index (χ4v) is 2.63. The number of benzene rings is 1. The Labute approximate surface area is 140 Å². The van der Waals surface area contributed by atoms with Gasteiger partial charge in [-0.1, -0.05) is 42.6 Å². The minimum absolute atomic E-state index is 0.164. The van der Waals surface area contributed by atoms with Gasteiger partial charge in [-0.25, -0.2) is 0 Å². The summed E-state index contributed by atoms with van der Waals surface area (Å²) >= 11 is 12.3. The molecule has 0 aliphatic heterocycles. The van der Waals surface area contributed by atoms with E-state index in [0.717, 1.165) is 18.4 Å². The third-order valence-electron chi connectivity index (χ3n) is 3.37. The molecule has 1 aromatic carbocycles. The zero-order valence-electron chi connectivity index (χ0n) is 12.7. The van der Waals surface area contributed by atoms with Gasteiger partial charge in [-0.3, -0.25) is 4.79 Å². The van der Waals surface area contributed by atoms with Gasteiger partial charge in [0.1, 0.15) is 0 Å². The van der Waals surface area contributed by atoms with Crippen LogP contribution in [0.3, 0.4) is 0 Å². The van der Waals surface area contributed by atoms with Gasteiger partial charge in [-0.15, -0.1) is 0 Å². The van der Waals surface area contributed by atoms with Crippen LogP contribution in [0.2, 0.25) is 10.0 Å². The summed E-state index contributed by atoms with van der Waals surface area (Å²) in [6, 6.07) is 7.61. The highest BCUT2D eigenvalue weighted by atomic mass is 35.5. The molecule has 0 bridgehead atoms. The van der Waals surface area contributed by atoms with Crippen LogP contribution in [0.15, 0.2) is 36.7 Å². The van der Waals surface area contributed by atoms with Gasteiger partial charge in [0.25, 0.3) is 5.91 Å². The van der Waals surface area contributed by atoms with Crippen molar-refractivity contribution in [2.75, 3.05) is 5.32 Å². The van der Waals surface area contributed by atoms with Gasteiger partial charge in [0, 0.05) is 12.1 Å². The zero-order valence-corrected chi connectivity index (χ0v) is 14.2. The number of carbonyl (C=O) groups is 1. The van der Waals surface area contributed by atoms with Gasteiger partial charge in [0.15, 0.2) is 12.4 Å². The first kappa shape index (κ1) is 16.8. The molecule has 22 heavy (non-hydrogen) atoms. The molecule has 0 saturated heterocycles. The van der Waals surface area contributed by atoms with E-state index in [1.807, 2.05) is 42.1 Å². The van der Waals surface area contributed by atoms with E-state index >= 15 is 0 Å². The summed E-state index contributed by atoms with van der Waals surface area (Å²) in [4.78, 5) is 12.2. The lowest BCUT2D eigenvalue weighted by molar-refractivity contribution is -0.684. The fourth-order valence-electron chi connectivity index (χ4n) is 2.16. The molecule has 0 atom stereocenters. The summed E-state index contributed by atoms with van der Waals surface area (Å²) in [5, 5.41) is 3.70. The molecule has 0 spiro atoms. The van der Waals surface area contributed by atoms with Gasteiger partial charge in [0.2, 0.25) is 6.54 Å². The van der Waals surface area contributed by atoms with Crippen LogP contribution < -0.4 is 9.88 Å². The van der Waals surface area contributed by atoms with Crippen molar-refractivity contribution in [2.45, 2.75) is 33.2 Å². The maximum atomic E-state index is 12.2. The van der Waals surface area contributed by atoms with Crippen LogP contribution in [-0.2, 0) is 17.8 Å². The number of carbonyl (C=O) groups excluding carboxylic acids is 1. The number of nitrogens with one attached hydrogen (secondary N) is 1. The van der Waals surface area contributed by atoms with Gasteiger partial charge in [0.05, 0.1) is 15.7 Å². The number of halogens is 2. The predicted molar refractivity (Wildman–Crippen MR) is 90.5 cm³/mol. The van der Waals surface area contributed by atoms with E-state index in [1.165, 1.54) is 5.56 Å². The lowest BCUT2D eigenvalue weighted by Gasteiger charge is -2.10. The summed E-state index contributed by atoms with van der Waals surface area (Å²) < 4.78 is 1.83. The standard InChI is InChI=1S/C17H18Cl2N2O/c1-3-4-13-7-9-21(10-8-13)11-15(22)20-17-14(18)6-5-12(2)16(17)19/h5-10H,3-4,11H2,1-2H3/p+1. The number of rotatable bonds is 5. The van der Waals surface area contributed by atoms with Crippen molar-refractivity contribution in [3.63, 3.8) is 0 Å².